The number of nitrogens with zero attached hydrogens (tertiary/aromatic N) is 1. The number of hydrogen-bond donors (Lipinski definition) is 3. The summed E-state index contributed by atoms with van der Waals surface area (Å²) in [5.74, 6) is 0.837. The number of pyridine rings is 1. The number of hydrogen-bond acceptors (Lipinski definition) is 5. The van der Waals surface area contributed by atoms with Crippen LogP contribution in [0.2, 0.25) is 0 Å². The number of nitrogens with one attached hydrogen (secondary N) is 1. The van der Waals surface area contributed by atoms with Gasteiger partial charge in [0, 0.05) is 29.8 Å². The van der Waals surface area contributed by atoms with Crippen LogP contribution in [0, 0.1) is 0 Å². The van der Waals surface area contributed by atoms with Crippen LogP contribution in [0.4, 0.5) is 0 Å². The van der Waals surface area contributed by atoms with Crippen LogP contribution in [0.25, 0.3) is 11.3 Å². The molecule has 5 nitrogen and oxygen atoms in total. The lowest BCUT2D eigenvalue weighted by Gasteiger charge is -2.19. The Bertz CT molecular complexity index is 711. The molecule has 2 aromatic rings. The SMILES string of the molecule is COc1cccc(-c2ccc(O)c(CNC(C)CCCC(C)(C)O)c2)n1. The van der Waals surface area contributed by atoms with Crippen molar-refractivity contribution in [3.63, 3.8) is 0 Å². The number of phenols is 1. The van der Waals surface area contributed by atoms with Crippen LogP contribution < -0.4 is 10.1 Å². The van der Waals surface area contributed by atoms with Crippen LogP contribution in [0.1, 0.15) is 45.6 Å². The Morgan fingerprint density at radius 1 is 1.23 bits per heavy atom. The van der Waals surface area contributed by atoms with E-state index in [1.807, 2.05) is 44.2 Å². The summed E-state index contributed by atoms with van der Waals surface area (Å²) in [4.78, 5) is 4.44. The molecule has 26 heavy (non-hydrogen) atoms. The second-order valence-corrected chi connectivity index (χ2v) is 7.40. The second-order valence-electron chi connectivity index (χ2n) is 7.40. The fourth-order valence-electron chi connectivity index (χ4n) is 2.80. The number of aromatic hydroxyl groups is 1. The Kier molecular flexibility index (Phi) is 7.00. The van der Waals surface area contributed by atoms with Crippen LogP contribution in [0.5, 0.6) is 11.6 Å². The van der Waals surface area contributed by atoms with Crippen LogP contribution in [-0.4, -0.2) is 33.9 Å². The molecule has 3 N–H and O–H groups in total. The minimum atomic E-state index is -0.615. The van der Waals surface area contributed by atoms with Crippen molar-refractivity contribution in [3.8, 4) is 22.9 Å². The zero-order valence-electron chi connectivity index (χ0n) is 16.1. The zero-order chi connectivity index (χ0) is 19.2. The topological polar surface area (TPSA) is 74.6 Å². The van der Waals surface area contributed by atoms with E-state index in [2.05, 4.69) is 17.2 Å². The molecule has 0 aliphatic carbocycles. The number of methoxy groups -OCH3 is 1. The van der Waals surface area contributed by atoms with Crippen molar-refractivity contribution in [2.24, 2.45) is 0 Å². The van der Waals surface area contributed by atoms with E-state index in [0.29, 0.717) is 18.5 Å². The van der Waals surface area contributed by atoms with Crippen LogP contribution in [-0.2, 0) is 6.54 Å². The number of aliphatic hydroxyl groups is 1. The summed E-state index contributed by atoms with van der Waals surface area (Å²) < 4.78 is 5.18. The molecule has 0 aliphatic heterocycles. The van der Waals surface area contributed by atoms with Gasteiger partial charge in [-0.1, -0.05) is 6.07 Å². The van der Waals surface area contributed by atoms with E-state index in [1.54, 1.807) is 13.2 Å². The van der Waals surface area contributed by atoms with Crippen LogP contribution >= 0.6 is 0 Å². The summed E-state index contributed by atoms with van der Waals surface area (Å²) in [5, 5.41) is 23.4. The molecule has 0 aliphatic rings. The van der Waals surface area contributed by atoms with Gasteiger partial charge in [-0.05, 0) is 64.3 Å². The van der Waals surface area contributed by atoms with Crippen molar-refractivity contribution in [2.45, 2.75) is 58.2 Å². The van der Waals surface area contributed by atoms with Gasteiger partial charge < -0.3 is 20.3 Å². The highest BCUT2D eigenvalue weighted by molar-refractivity contribution is 5.62. The first-order valence-corrected chi connectivity index (χ1v) is 9.07. The van der Waals surface area contributed by atoms with Gasteiger partial charge in [0.1, 0.15) is 5.75 Å². The fourth-order valence-corrected chi connectivity index (χ4v) is 2.80. The predicted octanol–water partition coefficient (Wildman–Crippen LogP) is 3.88. The van der Waals surface area contributed by atoms with Gasteiger partial charge in [0.25, 0.3) is 0 Å². The minimum Gasteiger partial charge on any atom is -0.508 e. The summed E-state index contributed by atoms with van der Waals surface area (Å²) in [6.45, 7) is 6.37. The van der Waals surface area contributed by atoms with E-state index < -0.39 is 5.60 Å². The largest absolute Gasteiger partial charge is 0.508 e. The summed E-state index contributed by atoms with van der Waals surface area (Å²) in [7, 11) is 1.59. The molecule has 0 radical (unpaired) electrons. The first kappa shape index (κ1) is 20.2. The maximum Gasteiger partial charge on any atom is 0.213 e. The van der Waals surface area contributed by atoms with Gasteiger partial charge in [-0.25, -0.2) is 4.98 Å². The molecule has 0 bridgehead atoms. The standard InChI is InChI=1S/C21H30N2O3/c1-15(7-6-12-21(2,3)25)22-14-17-13-16(10-11-19(17)24)18-8-5-9-20(23-18)26-4/h5,8-11,13,15,22,24-25H,6-7,12,14H2,1-4H3. The quantitative estimate of drug-likeness (QED) is 0.634. The molecule has 1 heterocycles. The average molecular weight is 358 g/mol. The molecule has 0 amide bonds. The molecular formula is C21H30N2O3. The van der Waals surface area contributed by atoms with Crippen molar-refractivity contribution in [2.75, 3.05) is 7.11 Å². The van der Waals surface area contributed by atoms with Gasteiger partial charge in [-0.3, -0.25) is 0 Å². The lowest BCUT2D eigenvalue weighted by Crippen LogP contribution is -2.26. The molecule has 0 spiro atoms. The van der Waals surface area contributed by atoms with E-state index in [-0.39, 0.29) is 5.75 Å². The fraction of sp³-hybridized carbons (Fsp3) is 0.476. The first-order chi connectivity index (χ1) is 12.3. The number of rotatable bonds is 9. The number of phenolic OH excluding ortho intramolecular Hbond substituents is 1. The Hall–Kier alpha value is -2.11. The molecule has 0 saturated carbocycles. The van der Waals surface area contributed by atoms with Gasteiger partial charge in [0.15, 0.2) is 0 Å². The third kappa shape index (κ3) is 6.32. The molecular weight excluding hydrogens is 328 g/mol. The van der Waals surface area contributed by atoms with Gasteiger partial charge in [0.05, 0.1) is 18.4 Å². The maximum atomic E-state index is 10.2. The van der Waals surface area contributed by atoms with E-state index in [0.717, 1.165) is 36.1 Å². The third-order valence-electron chi connectivity index (χ3n) is 4.37. The number of aromatic nitrogens is 1. The molecule has 1 unspecified atom stereocenters. The second kappa shape index (κ2) is 9.01. The monoisotopic (exact) mass is 358 g/mol. The van der Waals surface area contributed by atoms with E-state index in [1.165, 1.54) is 0 Å². The highest BCUT2D eigenvalue weighted by Crippen LogP contribution is 2.26. The molecule has 142 valence electrons. The molecule has 1 aromatic carbocycles. The Morgan fingerprint density at radius 3 is 2.69 bits per heavy atom. The Morgan fingerprint density at radius 2 is 2.00 bits per heavy atom. The van der Waals surface area contributed by atoms with E-state index in [4.69, 9.17) is 4.74 Å². The van der Waals surface area contributed by atoms with Crippen molar-refractivity contribution in [1.29, 1.82) is 0 Å². The predicted molar refractivity (Wildman–Crippen MR) is 104 cm³/mol. The highest BCUT2D eigenvalue weighted by Gasteiger charge is 2.13. The summed E-state index contributed by atoms with van der Waals surface area (Å²) in [5.41, 5.74) is 1.97. The van der Waals surface area contributed by atoms with Gasteiger partial charge in [-0.2, -0.15) is 0 Å². The number of ether oxygens (including phenoxy) is 1. The lowest BCUT2D eigenvalue weighted by atomic mass is 9.99. The molecule has 5 heteroatoms. The van der Waals surface area contributed by atoms with Gasteiger partial charge in [-0.15, -0.1) is 0 Å². The van der Waals surface area contributed by atoms with Crippen LogP contribution in [0.3, 0.4) is 0 Å². The third-order valence-corrected chi connectivity index (χ3v) is 4.37. The molecule has 1 atom stereocenters. The van der Waals surface area contributed by atoms with Crippen LogP contribution in [0.15, 0.2) is 36.4 Å². The van der Waals surface area contributed by atoms with Gasteiger partial charge in [0.2, 0.25) is 5.88 Å². The maximum absolute atomic E-state index is 10.2. The van der Waals surface area contributed by atoms with Crippen molar-refractivity contribution >= 4 is 0 Å². The van der Waals surface area contributed by atoms with E-state index >= 15 is 0 Å². The first-order valence-electron chi connectivity index (χ1n) is 9.07. The minimum absolute atomic E-state index is 0.271. The highest BCUT2D eigenvalue weighted by atomic mass is 16.5. The van der Waals surface area contributed by atoms with Crippen molar-refractivity contribution in [3.05, 3.63) is 42.0 Å². The average Bonchev–Trinajstić information content (AvgIpc) is 2.60. The molecule has 0 fully saturated rings. The molecule has 1 aromatic heterocycles. The normalized spacial score (nSPS) is 12.8. The van der Waals surface area contributed by atoms with E-state index in [9.17, 15) is 10.2 Å². The number of benzene rings is 1. The smallest absolute Gasteiger partial charge is 0.213 e. The summed E-state index contributed by atoms with van der Waals surface area (Å²) in [6.07, 6.45) is 2.71. The van der Waals surface area contributed by atoms with Crippen molar-refractivity contribution < 1.29 is 14.9 Å². The Labute approximate surface area is 156 Å². The molecule has 0 saturated heterocycles. The van der Waals surface area contributed by atoms with Crippen molar-refractivity contribution in [1.82, 2.24) is 10.3 Å². The molecule has 2 rings (SSSR count). The summed E-state index contributed by atoms with van der Waals surface area (Å²) in [6, 6.07) is 11.4. The zero-order valence-corrected chi connectivity index (χ0v) is 16.1. The summed E-state index contributed by atoms with van der Waals surface area (Å²) >= 11 is 0. The van der Waals surface area contributed by atoms with Gasteiger partial charge >= 0.3 is 0 Å². The lowest BCUT2D eigenvalue weighted by molar-refractivity contribution is 0.0675. The Balaban J connectivity index is 1.99.